The predicted molar refractivity (Wildman–Crippen MR) is 136 cm³/mol. The third-order valence-electron chi connectivity index (χ3n) is 7.39. The molecule has 3 aliphatic heterocycles. The number of quaternary nitrogens is 1. The highest BCUT2D eigenvalue weighted by Crippen LogP contribution is 2.46. The summed E-state index contributed by atoms with van der Waals surface area (Å²) in [7, 11) is 0. The number of allylic oxidation sites excluding steroid dienone is 3. The number of aliphatic hydroxyl groups is 1. The molecule has 0 bridgehead atoms. The largest absolute Gasteiger partial charge is 0.512 e. The van der Waals surface area contributed by atoms with Crippen LogP contribution >= 0.6 is 0 Å². The quantitative estimate of drug-likeness (QED) is 0.296. The molecule has 0 saturated heterocycles. The lowest BCUT2D eigenvalue weighted by molar-refractivity contribution is -0.619. The van der Waals surface area contributed by atoms with Crippen LogP contribution in [0, 0.1) is 11.3 Å². The summed E-state index contributed by atoms with van der Waals surface area (Å²) >= 11 is 0. The van der Waals surface area contributed by atoms with Gasteiger partial charge in [-0.15, -0.1) is 0 Å². The topological polar surface area (TPSA) is 127 Å². The summed E-state index contributed by atoms with van der Waals surface area (Å²) in [6.45, 7) is 8.12. The van der Waals surface area contributed by atoms with Crippen LogP contribution in [0.2, 0.25) is 0 Å². The van der Waals surface area contributed by atoms with Gasteiger partial charge in [-0.05, 0) is 65.4 Å². The highest BCUT2D eigenvalue weighted by Gasteiger charge is 2.48. The van der Waals surface area contributed by atoms with Crippen molar-refractivity contribution in [3.8, 4) is 0 Å². The van der Waals surface area contributed by atoms with E-state index in [1.807, 2.05) is 31.1 Å². The van der Waals surface area contributed by atoms with E-state index < -0.39 is 11.6 Å². The van der Waals surface area contributed by atoms with Crippen LogP contribution in [0.25, 0.3) is 0 Å². The summed E-state index contributed by atoms with van der Waals surface area (Å²) in [6.07, 6.45) is 10.9. The fourth-order valence-corrected chi connectivity index (χ4v) is 5.49. The summed E-state index contributed by atoms with van der Waals surface area (Å²) in [5, 5.41) is 22.9. The summed E-state index contributed by atoms with van der Waals surface area (Å²) < 4.78 is 6.22. The second kappa shape index (κ2) is 10.4. The van der Waals surface area contributed by atoms with Gasteiger partial charge in [-0.2, -0.15) is 0 Å². The van der Waals surface area contributed by atoms with Crippen LogP contribution in [0.1, 0.15) is 79.1 Å². The molecule has 0 aromatic heterocycles. The number of nitrogens with zero attached hydrogens (tertiary/aromatic N) is 3. The molecule has 9 heteroatoms. The van der Waals surface area contributed by atoms with Crippen LogP contribution in [-0.2, 0) is 9.53 Å². The maximum absolute atomic E-state index is 13.3. The normalized spacial score (nSPS) is 27.4. The maximum atomic E-state index is 13.3. The Hall–Kier alpha value is -2.94. The van der Waals surface area contributed by atoms with Gasteiger partial charge in [-0.3, -0.25) is 5.43 Å². The lowest BCUT2D eigenvalue weighted by Gasteiger charge is -2.42. The minimum Gasteiger partial charge on any atom is -0.512 e. The number of amidine groups is 1. The summed E-state index contributed by atoms with van der Waals surface area (Å²) in [5.74, 6) is 0.447. The number of aliphatic imine (C=N–C) groups is 2. The Morgan fingerprint density at radius 3 is 2.77 bits per heavy atom. The highest BCUT2D eigenvalue weighted by atomic mass is 16.6. The van der Waals surface area contributed by atoms with Crippen molar-refractivity contribution < 1.29 is 20.0 Å². The molecular formula is C26H39N6O3+. The maximum Gasteiger partial charge on any atom is 0.338 e. The Bertz CT molecular complexity index is 1020. The molecule has 4 rings (SSSR count). The van der Waals surface area contributed by atoms with E-state index in [4.69, 9.17) is 10.1 Å². The van der Waals surface area contributed by atoms with Gasteiger partial charge in [0.1, 0.15) is 17.2 Å². The fourth-order valence-electron chi connectivity index (χ4n) is 5.49. The molecule has 0 amide bonds. The van der Waals surface area contributed by atoms with Crippen LogP contribution < -0.4 is 10.7 Å². The molecule has 1 unspecified atom stereocenters. The average molecular weight is 484 g/mol. The number of hydrazine groups is 1. The molecule has 1 aliphatic carbocycles. The standard InChI is InChI=1S/C26H38N6O3/c1-16(2)28-15-19(14-27)9-10-26(20-7-5-6-8-20)13-22(33)21(24(34)35-26)12-23-30-25-29-17(3)11-18(4)32(25)31-23/h11,14-16,20,25,27-28,33H,5-10,12-13H2,1-4H3,(H,30,31)/p+1/b19-15-,27-14?/t25-,26?/m0/s1. The van der Waals surface area contributed by atoms with Crippen LogP contribution in [-0.4, -0.2) is 51.8 Å². The molecule has 1 fully saturated rings. The SMILES string of the molecule is CC1=CC(C)=N[C@H]2N=C(CC3=C(O)CC(CC/C(C=N)=C/[NH2+]C(C)C)(C4CCCC4)OC3=O)NN12. The van der Waals surface area contributed by atoms with Crippen LogP contribution in [0.15, 0.2) is 44.9 Å². The minimum atomic E-state index is -0.732. The number of esters is 1. The molecule has 5 N–H and O–H groups in total. The van der Waals surface area contributed by atoms with Crippen molar-refractivity contribution in [3.63, 3.8) is 0 Å². The van der Waals surface area contributed by atoms with Gasteiger partial charge < -0.3 is 20.6 Å². The van der Waals surface area contributed by atoms with E-state index in [0.717, 1.165) is 42.7 Å². The van der Waals surface area contributed by atoms with Gasteiger partial charge in [0, 0.05) is 36.0 Å². The second-order valence-corrected chi connectivity index (χ2v) is 10.5. The zero-order valence-electron chi connectivity index (χ0n) is 21.3. The van der Waals surface area contributed by atoms with Gasteiger partial charge in [0.15, 0.2) is 0 Å². The zero-order valence-corrected chi connectivity index (χ0v) is 21.3. The molecule has 3 heterocycles. The average Bonchev–Trinajstić information content (AvgIpc) is 3.47. The number of cyclic esters (lactones) is 1. The third kappa shape index (κ3) is 5.50. The number of hydrogen-bond acceptors (Lipinski definition) is 8. The minimum absolute atomic E-state index is 0.101. The number of carbonyl (C=O) groups is 1. The molecule has 35 heavy (non-hydrogen) atoms. The van der Waals surface area contributed by atoms with Gasteiger partial charge in [0.25, 0.3) is 0 Å². The van der Waals surface area contributed by atoms with Gasteiger partial charge in [0.2, 0.25) is 6.29 Å². The van der Waals surface area contributed by atoms with Crippen LogP contribution in [0.4, 0.5) is 0 Å². The number of hydrogen-bond donors (Lipinski definition) is 4. The number of rotatable bonds is 9. The Morgan fingerprint density at radius 1 is 1.37 bits per heavy atom. The first-order valence-corrected chi connectivity index (χ1v) is 12.7. The fraction of sp³-hybridized carbons (Fsp3) is 0.615. The van der Waals surface area contributed by atoms with Crippen molar-refractivity contribution in [2.45, 2.75) is 97.0 Å². The van der Waals surface area contributed by atoms with Gasteiger partial charge >= 0.3 is 5.97 Å². The van der Waals surface area contributed by atoms with E-state index in [1.165, 1.54) is 6.21 Å². The predicted octanol–water partition coefficient (Wildman–Crippen LogP) is 3.23. The first-order chi connectivity index (χ1) is 16.7. The van der Waals surface area contributed by atoms with E-state index in [-0.39, 0.29) is 30.0 Å². The number of nitrogens with two attached hydrogens (primary N) is 1. The van der Waals surface area contributed by atoms with Gasteiger partial charge in [-0.25, -0.2) is 19.8 Å². The molecule has 0 aromatic rings. The lowest BCUT2D eigenvalue weighted by Crippen LogP contribution is -2.83. The number of nitrogens with one attached hydrogen (secondary N) is 2. The van der Waals surface area contributed by atoms with Crippen molar-refractivity contribution in [2.24, 2.45) is 15.9 Å². The lowest BCUT2D eigenvalue weighted by atomic mass is 9.76. The number of aliphatic hydroxyl groups excluding tert-OH is 1. The Labute approximate surface area is 207 Å². The molecule has 0 aromatic carbocycles. The van der Waals surface area contributed by atoms with Gasteiger partial charge in [0.05, 0.1) is 17.8 Å². The molecule has 0 spiro atoms. The zero-order chi connectivity index (χ0) is 25.2. The highest BCUT2D eigenvalue weighted by molar-refractivity contribution is 5.99. The van der Waals surface area contributed by atoms with Crippen molar-refractivity contribution >= 4 is 23.7 Å². The summed E-state index contributed by atoms with van der Waals surface area (Å²) in [4.78, 5) is 22.4. The molecule has 0 radical (unpaired) electrons. The van der Waals surface area contributed by atoms with Gasteiger partial charge in [-0.1, -0.05) is 12.8 Å². The van der Waals surface area contributed by atoms with Crippen molar-refractivity contribution in [2.75, 3.05) is 0 Å². The molecule has 1 saturated carbocycles. The first-order valence-electron chi connectivity index (χ1n) is 12.7. The van der Waals surface area contributed by atoms with Crippen molar-refractivity contribution in [1.29, 1.82) is 5.41 Å². The van der Waals surface area contributed by atoms with E-state index in [0.29, 0.717) is 31.1 Å². The van der Waals surface area contributed by atoms with Crippen molar-refractivity contribution in [1.82, 2.24) is 10.4 Å². The number of fused-ring (bicyclic) bond motifs is 1. The van der Waals surface area contributed by atoms with E-state index in [1.54, 1.807) is 0 Å². The third-order valence-corrected chi connectivity index (χ3v) is 7.39. The second-order valence-electron chi connectivity index (χ2n) is 10.5. The first kappa shape index (κ1) is 25.2. The Balaban J connectivity index is 1.52. The van der Waals surface area contributed by atoms with Crippen molar-refractivity contribution in [3.05, 3.63) is 34.9 Å². The molecule has 2 atom stereocenters. The summed E-state index contributed by atoms with van der Waals surface area (Å²) in [5.41, 5.74) is 5.56. The molecule has 4 aliphatic rings. The van der Waals surface area contributed by atoms with Crippen LogP contribution in [0.3, 0.4) is 0 Å². The van der Waals surface area contributed by atoms with E-state index >= 15 is 0 Å². The molecule has 190 valence electrons. The van der Waals surface area contributed by atoms with E-state index in [2.05, 4.69) is 34.6 Å². The summed E-state index contributed by atoms with van der Waals surface area (Å²) in [6, 6.07) is 0.400. The Morgan fingerprint density at radius 2 is 2.11 bits per heavy atom. The molecule has 9 nitrogen and oxygen atoms in total. The van der Waals surface area contributed by atoms with Crippen LogP contribution in [0.5, 0.6) is 0 Å². The monoisotopic (exact) mass is 483 g/mol. The van der Waals surface area contributed by atoms with E-state index in [9.17, 15) is 9.90 Å². The Kier molecular flexibility index (Phi) is 7.44. The molecular weight excluding hydrogens is 444 g/mol. The number of carbonyl (C=O) groups excluding carboxylic acids is 1. The smallest absolute Gasteiger partial charge is 0.338 e. The number of ether oxygens (including phenoxy) is 1.